The summed E-state index contributed by atoms with van der Waals surface area (Å²) in [5, 5.41) is 0. The second-order valence-corrected chi connectivity index (χ2v) is 7.76. The van der Waals surface area contributed by atoms with Crippen molar-refractivity contribution >= 4 is 20.8 Å². The summed E-state index contributed by atoms with van der Waals surface area (Å²) in [5.41, 5.74) is 0.390. The van der Waals surface area contributed by atoms with Gasteiger partial charge in [0.1, 0.15) is 5.82 Å². The molecule has 0 aromatic heterocycles. The van der Waals surface area contributed by atoms with Gasteiger partial charge in [0, 0.05) is 35.4 Å². The summed E-state index contributed by atoms with van der Waals surface area (Å²) in [6.07, 6.45) is 0. The van der Waals surface area contributed by atoms with Crippen LogP contribution in [0.3, 0.4) is 0 Å². The highest BCUT2D eigenvalue weighted by Crippen LogP contribution is 2.21. The molecule has 0 amide bonds. The van der Waals surface area contributed by atoms with Gasteiger partial charge < -0.3 is 0 Å². The normalized spacial score (nSPS) is 19.0. The first-order chi connectivity index (χ1) is 8.41. The Balaban J connectivity index is 2.33. The maximum atomic E-state index is 13.0. The summed E-state index contributed by atoms with van der Waals surface area (Å²) >= 11 is 0. The van der Waals surface area contributed by atoms with Gasteiger partial charge in [-0.3, -0.25) is 4.21 Å². The van der Waals surface area contributed by atoms with E-state index >= 15 is 0 Å². The fourth-order valence-corrected chi connectivity index (χ4v) is 4.83. The monoisotopic (exact) mass is 291 g/mol. The van der Waals surface area contributed by atoms with Gasteiger partial charge in [-0.15, -0.1) is 0 Å². The highest BCUT2D eigenvalue weighted by atomic mass is 32.2. The van der Waals surface area contributed by atoms with Crippen molar-refractivity contribution in [2.75, 3.05) is 24.6 Å². The third kappa shape index (κ3) is 2.62. The Kier molecular flexibility index (Phi) is 3.84. The number of nitrogens with zero attached hydrogens (tertiary/aromatic N) is 1. The van der Waals surface area contributed by atoms with Gasteiger partial charge in [0.05, 0.1) is 4.90 Å². The molecule has 100 valence electrons. The van der Waals surface area contributed by atoms with Crippen molar-refractivity contribution in [1.29, 1.82) is 0 Å². The zero-order chi connectivity index (χ0) is 13.3. The van der Waals surface area contributed by atoms with E-state index in [9.17, 15) is 17.0 Å². The van der Waals surface area contributed by atoms with Crippen LogP contribution in [-0.2, 0) is 20.8 Å². The minimum Gasteiger partial charge on any atom is -0.259 e. The first-order valence-electron chi connectivity index (χ1n) is 5.52. The molecule has 0 bridgehead atoms. The highest BCUT2D eigenvalue weighted by molar-refractivity contribution is 7.89. The molecule has 0 radical (unpaired) electrons. The molecule has 18 heavy (non-hydrogen) atoms. The molecule has 4 nitrogen and oxygen atoms in total. The molecule has 2 rings (SSSR count). The van der Waals surface area contributed by atoms with Gasteiger partial charge in [-0.25, -0.2) is 12.8 Å². The molecule has 1 aliphatic heterocycles. The lowest BCUT2D eigenvalue weighted by molar-refractivity contribution is 0.438. The first kappa shape index (κ1) is 13.6. The van der Waals surface area contributed by atoms with E-state index in [2.05, 4.69) is 0 Å². The lowest BCUT2D eigenvalue weighted by Gasteiger charge is -2.26. The number of sulfonamides is 1. The Hall–Kier alpha value is -0.790. The topological polar surface area (TPSA) is 54.5 Å². The maximum Gasteiger partial charge on any atom is 0.243 e. The largest absolute Gasteiger partial charge is 0.259 e. The van der Waals surface area contributed by atoms with E-state index < -0.39 is 26.6 Å². The van der Waals surface area contributed by atoms with Gasteiger partial charge >= 0.3 is 0 Å². The van der Waals surface area contributed by atoms with Crippen LogP contribution >= 0.6 is 0 Å². The summed E-state index contributed by atoms with van der Waals surface area (Å²) in [4.78, 5) is 0.122. The lowest BCUT2D eigenvalue weighted by atomic mass is 10.2. The molecule has 0 aliphatic carbocycles. The van der Waals surface area contributed by atoms with E-state index in [1.807, 2.05) is 0 Å². The van der Waals surface area contributed by atoms with Crippen LogP contribution in [0.25, 0.3) is 0 Å². The predicted octanol–water partition coefficient (Wildman–Crippen LogP) is 0.887. The van der Waals surface area contributed by atoms with Crippen LogP contribution in [-0.4, -0.2) is 41.5 Å². The summed E-state index contributed by atoms with van der Waals surface area (Å²) in [6, 6.07) is 3.63. The molecule has 0 saturated carbocycles. The molecule has 1 aromatic rings. The minimum atomic E-state index is -3.60. The lowest BCUT2D eigenvalue weighted by Crippen LogP contribution is -2.41. The maximum absolute atomic E-state index is 13.0. The third-order valence-corrected chi connectivity index (χ3v) is 6.23. The number of aryl methyl sites for hydroxylation is 1. The smallest absolute Gasteiger partial charge is 0.243 e. The molecule has 7 heteroatoms. The van der Waals surface area contributed by atoms with E-state index in [-0.39, 0.29) is 18.0 Å². The Bertz CT molecular complexity index is 576. The quantitative estimate of drug-likeness (QED) is 0.813. The molecule has 1 fully saturated rings. The Labute approximate surface area is 108 Å². The average molecular weight is 291 g/mol. The Morgan fingerprint density at radius 3 is 2.44 bits per heavy atom. The van der Waals surface area contributed by atoms with Crippen molar-refractivity contribution < 1.29 is 17.0 Å². The zero-order valence-corrected chi connectivity index (χ0v) is 11.6. The fraction of sp³-hybridized carbons (Fsp3) is 0.455. The number of rotatable bonds is 2. The van der Waals surface area contributed by atoms with E-state index in [0.717, 1.165) is 6.07 Å². The molecular formula is C11H14FNO3S2. The van der Waals surface area contributed by atoms with Crippen molar-refractivity contribution in [3.63, 3.8) is 0 Å². The molecular weight excluding hydrogens is 277 g/mol. The van der Waals surface area contributed by atoms with E-state index in [1.165, 1.54) is 16.4 Å². The van der Waals surface area contributed by atoms with Gasteiger partial charge in [-0.1, -0.05) is 0 Å². The summed E-state index contributed by atoms with van der Waals surface area (Å²) in [6.45, 7) is 2.08. The Morgan fingerprint density at radius 1 is 1.28 bits per heavy atom. The predicted molar refractivity (Wildman–Crippen MR) is 67.8 cm³/mol. The van der Waals surface area contributed by atoms with Gasteiger partial charge in [0.2, 0.25) is 10.0 Å². The van der Waals surface area contributed by atoms with E-state index in [0.29, 0.717) is 17.1 Å². The van der Waals surface area contributed by atoms with Crippen LogP contribution in [0.1, 0.15) is 5.56 Å². The third-order valence-electron chi connectivity index (χ3n) is 2.89. The Morgan fingerprint density at radius 2 is 1.89 bits per heavy atom. The van der Waals surface area contributed by atoms with Crippen LogP contribution in [0.5, 0.6) is 0 Å². The number of hydrogen-bond donors (Lipinski definition) is 0. The summed E-state index contributed by atoms with van der Waals surface area (Å²) < 4.78 is 50.2. The van der Waals surface area contributed by atoms with Crippen molar-refractivity contribution in [2.24, 2.45) is 0 Å². The summed E-state index contributed by atoms with van der Waals surface area (Å²) in [5.74, 6) is 0.269. The molecule has 1 saturated heterocycles. The molecule has 0 atom stereocenters. The first-order valence-corrected chi connectivity index (χ1v) is 8.45. The second-order valence-electron chi connectivity index (χ2n) is 4.16. The van der Waals surface area contributed by atoms with E-state index in [1.54, 1.807) is 6.92 Å². The van der Waals surface area contributed by atoms with Crippen LogP contribution in [0.4, 0.5) is 4.39 Å². The molecule has 0 spiro atoms. The van der Waals surface area contributed by atoms with Crippen molar-refractivity contribution in [1.82, 2.24) is 4.31 Å². The second kappa shape index (κ2) is 5.07. The van der Waals surface area contributed by atoms with Crippen molar-refractivity contribution in [3.05, 3.63) is 29.6 Å². The molecule has 0 unspecified atom stereocenters. The van der Waals surface area contributed by atoms with Crippen LogP contribution < -0.4 is 0 Å². The van der Waals surface area contributed by atoms with Gasteiger partial charge in [-0.05, 0) is 30.7 Å². The van der Waals surface area contributed by atoms with Gasteiger partial charge in [0.15, 0.2) is 0 Å². The van der Waals surface area contributed by atoms with Crippen LogP contribution in [0, 0.1) is 12.7 Å². The standard InChI is InChI=1S/C11H14FNO3S2/c1-9-8-10(12)2-3-11(9)18(15,16)13-4-6-17(14)7-5-13/h2-3,8H,4-7H2,1H3. The molecule has 1 heterocycles. The van der Waals surface area contributed by atoms with Crippen molar-refractivity contribution in [3.8, 4) is 0 Å². The average Bonchev–Trinajstić information content (AvgIpc) is 2.29. The fourth-order valence-electron chi connectivity index (χ4n) is 1.90. The zero-order valence-electron chi connectivity index (χ0n) is 9.93. The molecule has 1 aliphatic rings. The SMILES string of the molecule is Cc1cc(F)ccc1S(=O)(=O)N1CCS(=O)CC1. The van der Waals surface area contributed by atoms with Gasteiger partial charge in [0.25, 0.3) is 0 Å². The molecule has 0 N–H and O–H groups in total. The van der Waals surface area contributed by atoms with Crippen LogP contribution in [0.2, 0.25) is 0 Å². The van der Waals surface area contributed by atoms with Crippen molar-refractivity contribution in [2.45, 2.75) is 11.8 Å². The number of halogens is 1. The summed E-state index contributed by atoms with van der Waals surface area (Å²) in [7, 11) is -4.53. The number of benzene rings is 1. The minimum absolute atomic E-state index is 0.122. The number of hydrogen-bond acceptors (Lipinski definition) is 3. The van der Waals surface area contributed by atoms with Gasteiger partial charge in [-0.2, -0.15) is 4.31 Å². The van der Waals surface area contributed by atoms with E-state index in [4.69, 9.17) is 0 Å². The van der Waals surface area contributed by atoms with Crippen LogP contribution in [0.15, 0.2) is 23.1 Å². The molecule has 1 aromatic carbocycles. The highest BCUT2D eigenvalue weighted by Gasteiger charge is 2.29.